The molecule has 1 atom stereocenters. The van der Waals surface area contributed by atoms with Gasteiger partial charge in [0, 0.05) is 15.7 Å². The Bertz CT molecular complexity index is 59.8. The average molecular weight is 179 g/mol. The minimum absolute atomic E-state index is 0.308. The van der Waals surface area contributed by atoms with E-state index in [2.05, 4.69) is 0 Å². The van der Waals surface area contributed by atoms with E-state index in [1.54, 1.807) is 0 Å². The Hall–Kier alpha value is 0.571. The van der Waals surface area contributed by atoms with Crippen LogP contribution in [-0.2, 0) is 4.43 Å². The third-order valence-electron chi connectivity index (χ3n) is 1.52. The quantitative estimate of drug-likeness (QED) is 0.480. The summed E-state index contributed by atoms with van der Waals surface area (Å²) in [5, 5.41) is 0. The molecule has 0 saturated heterocycles. The molecule has 0 fully saturated rings. The molecule has 5 heteroatoms. The molecule has 0 aromatic rings. The van der Waals surface area contributed by atoms with Crippen molar-refractivity contribution < 1.29 is 4.43 Å². The van der Waals surface area contributed by atoms with E-state index in [-0.39, 0.29) is 0 Å². The first-order valence-corrected chi connectivity index (χ1v) is 13.8. The maximum absolute atomic E-state index is 5.38. The summed E-state index contributed by atoms with van der Waals surface area (Å²) in [6.07, 6.45) is 1.19. The molecule has 0 aromatic carbocycles. The lowest BCUT2D eigenvalue weighted by molar-refractivity contribution is 0.432. The van der Waals surface area contributed by atoms with Crippen LogP contribution < -0.4 is 5.73 Å². The second-order valence-corrected chi connectivity index (χ2v) is 17.8. The Morgan fingerprint density at radius 3 is 2.78 bits per heavy atom. The highest BCUT2D eigenvalue weighted by molar-refractivity contribution is 7.29. The third-order valence-corrected chi connectivity index (χ3v) is 17.3. The van der Waals surface area contributed by atoms with Crippen molar-refractivity contribution in [2.75, 3.05) is 13.7 Å². The van der Waals surface area contributed by atoms with E-state index in [0.29, 0.717) is 8.55 Å². The topological polar surface area (TPSA) is 35.2 Å². The fraction of sp³-hybridized carbons (Fsp3) is 1.00. The molecule has 0 aromatic heterocycles. The van der Waals surface area contributed by atoms with Crippen molar-refractivity contribution in [1.29, 1.82) is 0 Å². The van der Waals surface area contributed by atoms with Gasteiger partial charge in [-0.15, -0.1) is 0 Å². The third kappa shape index (κ3) is 5.04. The lowest BCUT2D eigenvalue weighted by Gasteiger charge is -2.08. The molecule has 9 heavy (non-hydrogen) atoms. The molecule has 2 N–H and O–H groups in total. The fourth-order valence-corrected chi connectivity index (χ4v) is 12.3. The summed E-state index contributed by atoms with van der Waals surface area (Å²) in [4.78, 5) is 0. The molecule has 0 saturated carbocycles. The highest BCUT2D eigenvalue weighted by atomic mass is 29.5. The van der Waals surface area contributed by atoms with Crippen LogP contribution in [0.15, 0.2) is 0 Å². The summed E-state index contributed by atoms with van der Waals surface area (Å²) < 4.78 is 5.38. The zero-order valence-corrected chi connectivity index (χ0v) is 11.0. The molecule has 56 valence electrons. The SMILES string of the molecule is CO[SiH](CCCN)[SiH2][SiH3]. The van der Waals surface area contributed by atoms with E-state index in [4.69, 9.17) is 10.2 Å². The normalized spacial score (nSPS) is 15.3. The van der Waals surface area contributed by atoms with E-state index in [0.717, 1.165) is 6.54 Å². The van der Waals surface area contributed by atoms with Crippen LogP contribution in [0.3, 0.4) is 0 Å². The van der Waals surface area contributed by atoms with Crippen LogP contribution in [0.2, 0.25) is 6.04 Å². The number of hydrogen-bond donors (Lipinski definition) is 1. The van der Waals surface area contributed by atoms with Crippen LogP contribution in [0.25, 0.3) is 0 Å². The fourth-order valence-electron chi connectivity index (χ4n) is 0.834. The standard InChI is InChI=1S/C4H17NOSi3/c1-6-9(8-7)4-2-3-5/h9H,2-5,8H2,1,7H3. The van der Waals surface area contributed by atoms with Crippen LogP contribution >= 0.6 is 0 Å². The van der Waals surface area contributed by atoms with Gasteiger partial charge in [-0.2, -0.15) is 0 Å². The molecule has 2 nitrogen and oxygen atoms in total. The van der Waals surface area contributed by atoms with Gasteiger partial charge in [0.05, 0.1) is 0 Å². The summed E-state index contributed by atoms with van der Waals surface area (Å²) in [5.74, 6) is 0. The zero-order chi connectivity index (χ0) is 7.11. The van der Waals surface area contributed by atoms with Crippen molar-refractivity contribution in [2.24, 2.45) is 5.73 Å². The van der Waals surface area contributed by atoms with Gasteiger partial charge in [-0.25, -0.2) is 0 Å². The van der Waals surface area contributed by atoms with Gasteiger partial charge in [0.1, 0.15) is 0 Å². The van der Waals surface area contributed by atoms with Gasteiger partial charge in [-0.1, -0.05) is 0 Å². The summed E-state index contributed by atoms with van der Waals surface area (Å²) in [6.45, 7) is 0.850. The van der Waals surface area contributed by atoms with Crippen molar-refractivity contribution in [3.8, 4) is 0 Å². The first-order valence-electron chi connectivity index (χ1n) is 3.58. The van der Waals surface area contributed by atoms with Crippen LogP contribution in [0, 0.1) is 0 Å². The molecule has 0 aliphatic heterocycles. The highest BCUT2D eigenvalue weighted by Gasteiger charge is 2.04. The lowest BCUT2D eigenvalue weighted by atomic mass is 10.5. The van der Waals surface area contributed by atoms with E-state index in [9.17, 15) is 0 Å². The molecule has 0 bridgehead atoms. The van der Waals surface area contributed by atoms with E-state index in [1.807, 2.05) is 7.11 Å². The molecule has 0 radical (unpaired) electrons. The van der Waals surface area contributed by atoms with Gasteiger partial charge in [-0.05, 0) is 28.8 Å². The maximum Gasteiger partial charge on any atom is 0.154 e. The molecule has 0 amide bonds. The first-order chi connectivity index (χ1) is 4.35. The van der Waals surface area contributed by atoms with Gasteiger partial charge in [-0.3, -0.25) is 0 Å². The number of rotatable bonds is 5. The number of hydrogen-bond acceptors (Lipinski definition) is 2. The first kappa shape index (κ1) is 9.57. The smallest absolute Gasteiger partial charge is 0.154 e. The van der Waals surface area contributed by atoms with Crippen LogP contribution in [-0.4, -0.2) is 40.5 Å². The lowest BCUT2D eigenvalue weighted by Crippen LogP contribution is -2.26. The predicted octanol–water partition coefficient (Wildman–Crippen LogP) is -2.35. The minimum Gasteiger partial charge on any atom is -0.427 e. The largest absolute Gasteiger partial charge is 0.427 e. The van der Waals surface area contributed by atoms with Crippen molar-refractivity contribution in [3.05, 3.63) is 0 Å². The summed E-state index contributed by atoms with van der Waals surface area (Å²) in [5.41, 5.74) is 5.38. The van der Waals surface area contributed by atoms with Gasteiger partial charge >= 0.3 is 0 Å². The molecular formula is C4H17NOSi3. The van der Waals surface area contributed by atoms with Crippen molar-refractivity contribution in [2.45, 2.75) is 12.5 Å². The Morgan fingerprint density at radius 1 is 1.78 bits per heavy atom. The maximum atomic E-state index is 5.38. The molecular weight excluding hydrogens is 162 g/mol. The van der Waals surface area contributed by atoms with Crippen LogP contribution in [0.4, 0.5) is 0 Å². The summed E-state index contributed by atoms with van der Waals surface area (Å²) >= 11 is 0. The monoisotopic (exact) mass is 179 g/mol. The second kappa shape index (κ2) is 6.69. The van der Waals surface area contributed by atoms with E-state index < -0.39 is 8.56 Å². The van der Waals surface area contributed by atoms with Gasteiger partial charge in [0.2, 0.25) is 0 Å². The van der Waals surface area contributed by atoms with Crippen molar-refractivity contribution in [3.63, 3.8) is 0 Å². The minimum atomic E-state index is -0.589. The van der Waals surface area contributed by atoms with Crippen LogP contribution in [0.5, 0.6) is 0 Å². The molecule has 0 heterocycles. The van der Waals surface area contributed by atoms with Gasteiger partial charge < -0.3 is 10.2 Å². The molecule has 1 unspecified atom stereocenters. The highest BCUT2D eigenvalue weighted by Crippen LogP contribution is 1.93. The average Bonchev–Trinajstić information content (AvgIpc) is 1.91. The Balaban J connectivity index is 3.09. The van der Waals surface area contributed by atoms with E-state index >= 15 is 0 Å². The predicted molar refractivity (Wildman–Crippen MR) is 51.1 cm³/mol. The zero-order valence-electron chi connectivity index (χ0n) is 6.39. The second-order valence-electron chi connectivity index (χ2n) is 2.20. The molecule has 0 aliphatic rings. The Morgan fingerprint density at radius 2 is 2.44 bits per heavy atom. The van der Waals surface area contributed by atoms with Crippen molar-refractivity contribution >= 4 is 26.9 Å². The van der Waals surface area contributed by atoms with Gasteiger partial charge in [0.15, 0.2) is 8.56 Å². The summed E-state index contributed by atoms with van der Waals surface area (Å²) in [7, 11) is 3.03. The molecule has 0 spiro atoms. The Labute approximate surface area is 63.7 Å². The molecule has 0 rings (SSSR count). The molecule has 0 aliphatic carbocycles. The summed E-state index contributed by atoms with van der Waals surface area (Å²) in [6, 6.07) is 1.34. The number of nitrogens with two attached hydrogens (primary N) is 1. The van der Waals surface area contributed by atoms with Crippen molar-refractivity contribution in [1.82, 2.24) is 0 Å². The van der Waals surface area contributed by atoms with Gasteiger partial charge in [0.25, 0.3) is 0 Å². The van der Waals surface area contributed by atoms with Crippen LogP contribution in [0.1, 0.15) is 6.42 Å². The Kier molecular flexibility index (Phi) is 7.11. The van der Waals surface area contributed by atoms with E-state index in [1.165, 1.54) is 22.2 Å².